The van der Waals surface area contributed by atoms with Gasteiger partial charge >= 0.3 is 0 Å². The number of H-pyrrole nitrogens is 1. The van der Waals surface area contributed by atoms with Crippen molar-refractivity contribution in [1.82, 2.24) is 20.4 Å². The monoisotopic (exact) mass is 445 g/mol. The smallest absolute Gasteiger partial charge is 0.258 e. The summed E-state index contributed by atoms with van der Waals surface area (Å²) in [6.07, 6.45) is 2.68. The van der Waals surface area contributed by atoms with E-state index in [2.05, 4.69) is 20.8 Å². The molecule has 3 heterocycles. The zero-order chi connectivity index (χ0) is 23.0. The molecule has 168 valence electrons. The third-order valence-electron chi connectivity index (χ3n) is 5.96. The molecule has 1 saturated heterocycles. The van der Waals surface area contributed by atoms with E-state index in [4.69, 9.17) is 4.74 Å². The molecule has 0 atom stereocenters. The van der Waals surface area contributed by atoms with Gasteiger partial charge in [-0.1, -0.05) is 12.1 Å². The Bertz CT molecular complexity index is 1230. The van der Waals surface area contributed by atoms with Crippen molar-refractivity contribution in [1.29, 1.82) is 0 Å². The van der Waals surface area contributed by atoms with Crippen LogP contribution in [0.5, 0.6) is 5.75 Å². The highest BCUT2D eigenvalue weighted by Gasteiger charge is 2.43. The molecular formula is C24H23N5O4. The molecule has 0 saturated carbocycles. The molecule has 33 heavy (non-hydrogen) atoms. The zero-order valence-corrected chi connectivity index (χ0v) is 18.1. The van der Waals surface area contributed by atoms with Crippen LogP contribution in [0.3, 0.4) is 0 Å². The number of nitrogens with one attached hydrogen (secondary N) is 3. The summed E-state index contributed by atoms with van der Waals surface area (Å²) in [4.78, 5) is 39.0. The Kier molecular flexibility index (Phi) is 5.08. The lowest BCUT2D eigenvalue weighted by molar-refractivity contribution is -0.114. The van der Waals surface area contributed by atoms with Crippen LogP contribution in [0, 0.1) is 0 Å². The number of ether oxygens (including phenoxy) is 1. The fourth-order valence-corrected chi connectivity index (χ4v) is 4.30. The van der Waals surface area contributed by atoms with Gasteiger partial charge < -0.3 is 20.3 Å². The average Bonchev–Trinajstić information content (AvgIpc) is 3.35. The molecule has 0 radical (unpaired) electrons. The predicted molar refractivity (Wildman–Crippen MR) is 121 cm³/mol. The number of anilines is 1. The number of rotatable bonds is 3. The Morgan fingerprint density at radius 3 is 2.67 bits per heavy atom. The molecule has 2 aliphatic rings. The number of amides is 3. The summed E-state index contributed by atoms with van der Waals surface area (Å²) < 4.78 is 6.20. The minimum Gasteiger partial charge on any atom is -0.467 e. The number of benzene rings is 2. The normalized spacial score (nSPS) is 16.5. The molecule has 1 spiro atoms. The molecule has 1 fully saturated rings. The van der Waals surface area contributed by atoms with Crippen LogP contribution in [0.2, 0.25) is 0 Å². The summed E-state index contributed by atoms with van der Waals surface area (Å²) in [6, 6.07) is 14.3. The van der Waals surface area contributed by atoms with Crippen molar-refractivity contribution in [3.05, 3.63) is 65.9 Å². The Morgan fingerprint density at radius 1 is 1.12 bits per heavy atom. The molecule has 3 N–H and O–H groups in total. The van der Waals surface area contributed by atoms with Crippen LogP contribution in [-0.2, 0) is 4.79 Å². The number of aromatic amines is 1. The van der Waals surface area contributed by atoms with E-state index in [9.17, 15) is 14.4 Å². The van der Waals surface area contributed by atoms with E-state index in [0.29, 0.717) is 48.5 Å². The van der Waals surface area contributed by atoms with Gasteiger partial charge in [-0.3, -0.25) is 19.5 Å². The first-order valence-electron chi connectivity index (χ1n) is 10.8. The summed E-state index contributed by atoms with van der Waals surface area (Å²) in [5, 5.41) is 12.6. The molecule has 9 nitrogen and oxygen atoms in total. The molecular weight excluding hydrogens is 422 g/mol. The highest BCUT2D eigenvalue weighted by molar-refractivity contribution is 6.00. The van der Waals surface area contributed by atoms with Gasteiger partial charge in [-0.2, -0.15) is 5.10 Å². The van der Waals surface area contributed by atoms with E-state index in [1.165, 1.54) is 6.92 Å². The van der Waals surface area contributed by atoms with Crippen molar-refractivity contribution in [2.45, 2.75) is 25.5 Å². The maximum atomic E-state index is 13.1. The second kappa shape index (κ2) is 8.09. The highest BCUT2D eigenvalue weighted by Crippen LogP contribution is 2.35. The van der Waals surface area contributed by atoms with Crippen molar-refractivity contribution in [3.8, 4) is 17.0 Å². The van der Waals surface area contributed by atoms with Crippen molar-refractivity contribution in [3.63, 3.8) is 0 Å². The Hall–Kier alpha value is -4.14. The number of hydrogen-bond donors (Lipinski definition) is 3. The third-order valence-corrected chi connectivity index (χ3v) is 5.96. The second-order valence-corrected chi connectivity index (χ2v) is 8.28. The lowest BCUT2D eigenvalue weighted by Gasteiger charge is -2.44. The topological polar surface area (TPSA) is 116 Å². The number of piperidine rings is 1. The first-order valence-corrected chi connectivity index (χ1v) is 10.8. The maximum Gasteiger partial charge on any atom is 0.258 e. The largest absolute Gasteiger partial charge is 0.467 e. The molecule has 2 aromatic carbocycles. The number of likely N-dealkylation sites (tertiary alicyclic amines) is 1. The molecule has 5 rings (SSSR count). The second-order valence-electron chi connectivity index (χ2n) is 8.28. The molecule has 0 aliphatic carbocycles. The van der Waals surface area contributed by atoms with Crippen LogP contribution in [0.15, 0.2) is 54.7 Å². The maximum absolute atomic E-state index is 13.1. The Morgan fingerprint density at radius 2 is 1.94 bits per heavy atom. The van der Waals surface area contributed by atoms with Crippen molar-refractivity contribution >= 4 is 23.4 Å². The molecule has 0 unspecified atom stereocenters. The van der Waals surface area contributed by atoms with Crippen molar-refractivity contribution in [2.24, 2.45) is 0 Å². The average molecular weight is 445 g/mol. The van der Waals surface area contributed by atoms with E-state index >= 15 is 0 Å². The van der Waals surface area contributed by atoms with Gasteiger partial charge in [0.1, 0.15) is 5.75 Å². The van der Waals surface area contributed by atoms with Crippen LogP contribution in [0.1, 0.15) is 40.5 Å². The predicted octanol–water partition coefficient (Wildman–Crippen LogP) is 2.79. The summed E-state index contributed by atoms with van der Waals surface area (Å²) in [6.45, 7) is 2.31. The fraction of sp³-hybridized carbons (Fsp3) is 0.250. The summed E-state index contributed by atoms with van der Waals surface area (Å²) in [5.74, 6) is -0.0607. The number of aromatic nitrogens is 2. The van der Waals surface area contributed by atoms with Gasteiger partial charge in [0.15, 0.2) is 5.72 Å². The van der Waals surface area contributed by atoms with Gasteiger partial charge in [0.05, 0.1) is 11.3 Å². The Balaban J connectivity index is 1.28. The summed E-state index contributed by atoms with van der Waals surface area (Å²) in [5.41, 5.74) is 2.30. The van der Waals surface area contributed by atoms with E-state index in [0.717, 1.165) is 11.3 Å². The number of carbonyl (C=O) groups excluding carboxylic acids is 3. The molecule has 3 amide bonds. The van der Waals surface area contributed by atoms with Gasteiger partial charge in [-0.25, -0.2) is 0 Å². The van der Waals surface area contributed by atoms with Gasteiger partial charge in [0.2, 0.25) is 5.91 Å². The third kappa shape index (κ3) is 4.05. The van der Waals surface area contributed by atoms with Crippen LogP contribution in [0.25, 0.3) is 11.3 Å². The van der Waals surface area contributed by atoms with Crippen LogP contribution < -0.4 is 15.4 Å². The van der Waals surface area contributed by atoms with E-state index in [-0.39, 0.29) is 17.7 Å². The first-order chi connectivity index (χ1) is 15.9. The summed E-state index contributed by atoms with van der Waals surface area (Å²) in [7, 11) is 0. The molecule has 2 aliphatic heterocycles. The van der Waals surface area contributed by atoms with E-state index in [1.54, 1.807) is 35.4 Å². The first kappa shape index (κ1) is 20.7. The molecule has 9 heteroatoms. The van der Waals surface area contributed by atoms with Gasteiger partial charge in [-0.15, -0.1) is 0 Å². The van der Waals surface area contributed by atoms with Crippen molar-refractivity contribution in [2.75, 3.05) is 18.4 Å². The number of fused-ring (bicyclic) bond motifs is 1. The fourth-order valence-electron chi connectivity index (χ4n) is 4.30. The Labute approximate surface area is 190 Å². The SMILES string of the molecule is CC(=O)Nc1ccc2c(c1)C(=O)NC1(CCN(C(=O)c3cccc(-c4cc[nH]n4)c3)CC1)O2. The van der Waals surface area contributed by atoms with Gasteiger partial charge in [-0.05, 0) is 36.4 Å². The lowest BCUT2D eigenvalue weighted by atomic mass is 9.96. The molecule has 1 aromatic heterocycles. The minimum absolute atomic E-state index is 0.0651. The van der Waals surface area contributed by atoms with Gasteiger partial charge in [0.25, 0.3) is 11.8 Å². The number of nitrogens with zero attached hydrogens (tertiary/aromatic N) is 2. The highest BCUT2D eigenvalue weighted by atomic mass is 16.5. The molecule has 3 aromatic rings. The lowest BCUT2D eigenvalue weighted by Crippen LogP contribution is -2.61. The number of carbonyl (C=O) groups is 3. The van der Waals surface area contributed by atoms with E-state index in [1.807, 2.05) is 24.3 Å². The quantitative estimate of drug-likeness (QED) is 0.573. The number of hydrogen-bond acceptors (Lipinski definition) is 5. The standard InChI is InChI=1S/C24H23N5O4/c1-15(30)26-18-5-6-21-19(14-18)22(31)27-24(33-21)8-11-29(12-9-24)23(32)17-4-2-3-16(13-17)20-7-10-25-28-20/h2-7,10,13-14H,8-9,11-12H2,1H3,(H,25,28)(H,26,30)(H,27,31). The minimum atomic E-state index is -0.854. The summed E-state index contributed by atoms with van der Waals surface area (Å²) >= 11 is 0. The van der Waals surface area contributed by atoms with Crippen LogP contribution in [0.4, 0.5) is 5.69 Å². The zero-order valence-electron chi connectivity index (χ0n) is 18.1. The van der Waals surface area contributed by atoms with E-state index < -0.39 is 5.72 Å². The van der Waals surface area contributed by atoms with Crippen LogP contribution in [-0.4, -0.2) is 51.6 Å². The molecule has 0 bridgehead atoms. The van der Waals surface area contributed by atoms with Crippen LogP contribution >= 0.6 is 0 Å². The van der Waals surface area contributed by atoms with Gasteiger partial charge in [0, 0.05) is 55.9 Å². The van der Waals surface area contributed by atoms with Crippen molar-refractivity contribution < 1.29 is 19.1 Å².